The summed E-state index contributed by atoms with van der Waals surface area (Å²) in [5.74, 6) is -2.34. The molecule has 0 aliphatic carbocycles. The van der Waals surface area contributed by atoms with Gasteiger partial charge >= 0.3 is 17.9 Å². The molecule has 1 aromatic carbocycles. The van der Waals surface area contributed by atoms with Crippen molar-refractivity contribution in [2.75, 3.05) is 58.5 Å². The second-order valence-electron chi connectivity index (χ2n) is 10.5. The Bertz CT molecular complexity index is 1160. The molecule has 0 unspecified atom stereocenters. The highest BCUT2D eigenvalue weighted by atomic mass is 16.5. The lowest BCUT2D eigenvalue weighted by Crippen LogP contribution is -2.44. The fraction of sp³-hybridized carbons (Fsp3) is 0.517. The van der Waals surface area contributed by atoms with Crippen LogP contribution in [0.1, 0.15) is 31.4 Å². The van der Waals surface area contributed by atoms with Crippen LogP contribution in [0.3, 0.4) is 0 Å². The van der Waals surface area contributed by atoms with Crippen LogP contribution in [0.5, 0.6) is 5.75 Å². The van der Waals surface area contributed by atoms with Crippen LogP contribution in [-0.2, 0) is 25.5 Å². The summed E-state index contributed by atoms with van der Waals surface area (Å²) in [7, 11) is 3.90. The molecule has 12 heteroatoms. The molecule has 224 valence electrons. The quantitative estimate of drug-likeness (QED) is 0.327. The van der Waals surface area contributed by atoms with E-state index in [9.17, 15) is 14.4 Å². The first kappa shape index (κ1) is 31.8. The molecule has 0 radical (unpaired) electrons. The Kier molecular flexibility index (Phi) is 11.4. The van der Waals surface area contributed by atoms with Gasteiger partial charge in [0.2, 0.25) is 0 Å². The number of methoxy groups -OCH3 is 1. The van der Waals surface area contributed by atoms with Crippen molar-refractivity contribution in [3.05, 3.63) is 42.1 Å². The van der Waals surface area contributed by atoms with Crippen molar-refractivity contribution in [3.8, 4) is 16.9 Å². The fourth-order valence-electron chi connectivity index (χ4n) is 4.78. The molecule has 0 saturated carbocycles. The number of nitrogens with zero attached hydrogens (tertiary/aromatic N) is 3. The first-order chi connectivity index (χ1) is 19.5. The predicted molar refractivity (Wildman–Crippen MR) is 150 cm³/mol. The molecular weight excluding hydrogens is 534 g/mol. The van der Waals surface area contributed by atoms with Crippen molar-refractivity contribution < 1.29 is 44.3 Å². The lowest BCUT2D eigenvalue weighted by atomic mass is 9.93. The van der Waals surface area contributed by atoms with Crippen LogP contribution in [-0.4, -0.2) is 107 Å². The van der Waals surface area contributed by atoms with E-state index in [4.69, 9.17) is 34.9 Å². The van der Waals surface area contributed by atoms with E-state index in [0.717, 1.165) is 70.2 Å². The van der Waals surface area contributed by atoms with Gasteiger partial charge in [-0.2, -0.15) is 0 Å². The third-order valence-corrected chi connectivity index (χ3v) is 7.24. The van der Waals surface area contributed by atoms with Crippen molar-refractivity contribution in [1.82, 2.24) is 9.88 Å². The van der Waals surface area contributed by atoms with Gasteiger partial charge in [-0.3, -0.25) is 9.59 Å². The molecule has 2 aromatic rings. The summed E-state index contributed by atoms with van der Waals surface area (Å²) in [6.07, 6.45) is 1.02. The normalized spacial score (nSPS) is 16.4. The van der Waals surface area contributed by atoms with Gasteiger partial charge in [0.1, 0.15) is 11.6 Å². The maximum absolute atomic E-state index is 10.3. The lowest BCUT2D eigenvalue weighted by Gasteiger charge is -2.33. The van der Waals surface area contributed by atoms with E-state index in [1.807, 2.05) is 12.1 Å². The Morgan fingerprint density at radius 1 is 0.951 bits per heavy atom. The van der Waals surface area contributed by atoms with Crippen molar-refractivity contribution in [2.45, 2.75) is 37.7 Å². The molecular formula is C29H39N3O9. The highest BCUT2D eigenvalue weighted by molar-refractivity contribution is 5.88. The Morgan fingerprint density at radius 2 is 1.54 bits per heavy atom. The van der Waals surface area contributed by atoms with E-state index in [2.05, 4.69) is 41.1 Å². The average Bonchev–Trinajstić information content (AvgIpc) is 2.93. The van der Waals surface area contributed by atoms with Gasteiger partial charge in [-0.05, 0) is 67.6 Å². The topological polar surface area (TPSA) is 170 Å². The Hall–Kier alpha value is -3.74. The van der Waals surface area contributed by atoms with E-state index < -0.39 is 36.4 Å². The molecule has 1 aromatic heterocycles. The molecule has 41 heavy (non-hydrogen) atoms. The summed E-state index contributed by atoms with van der Waals surface area (Å²) in [5.41, 5.74) is 0.923. The molecule has 12 nitrogen and oxygen atoms in total. The minimum Gasteiger partial charge on any atom is -0.497 e. The van der Waals surface area contributed by atoms with Crippen molar-refractivity contribution in [1.29, 1.82) is 0 Å². The molecule has 0 spiro atoms. The molecule has 0 atom stereocenters. The first-order valence-corrected chi connectivity index (χ1v) is 13.5. The van der Waals surface area contributed by atoms with Crippen molar-refractivity contribution >= 4 is 23.7 Å². The summed E-state index contributed by atoms with van der Waals surface area (Å²) in [5, 5.41) is 33.8. The second-order valence-corrected chi connectivity index (χ2v) is 10.5. The van der Waals surface area contributed by atoms with Crippen LogP contribution >= 0.6 is 0 Å². The maximum Gasteiger partial charge on any atom is 0.336 e. The number of aliphatic hydroxyl groups is 1. The summed E-state index contributed by atoms with van der Waals surface area (Å²) in [6, 6.07) is 12.9. The van der Waals surface area contributed by atoms with E-state index >= 15 is 0 Å². The summed E-state index contributed by atoms with van der Waals surface area (Å²) in [6.45, 7) is 6.01. The van der Waals surface area contributed by atoms with E-state index in [1.54, 1.807) is 7.11 Å². The average molecular weight is 574 g/mol. The number of pyridine rings is 1. The van der Waals surface area contributed by atoms with E-state index in [0.29, 0.717) is 5.92 Å². The number of piperazine rings is 1. The molecule has 0 bridgehead atoms. The van der Waals surface area contributed by atoms with Crippen LogP contribution in [0.4, 0.5) is 5.82 Å². The van der Waals surface area contributed by atoms with Gasteiger partial charge < -0.3 is 39.7 Å². The first-order valence-electron chi connectivity index (χ1n) is 13.5. The predicted octanol–water partition coefficient (Wildman–Crippen LogP) is 2.23. The monoisotopic (exact) mass is 573 g/mol. The number of carboxylic acids is 3. The highest BCUT2D eigenvalue weighted by Gasteiger charge is 2.40. The molecule has 0 amide bonds. The molecule has 4 N–H and O–H groups in total. The van der Waals surface area contributed by atoms with Crippen molar-refractivity contribution in [2.24, 2.45) is 5.92 Å². The van der Waals surface area contributed by atoms with Gasteiger partial charge in [0.05, 0.1) is 20.0 Å². The smallest absolute Gasteiger partial charge is 0.336 e. The number of hydrogen-bond donors (Lipinski definition) is 4. The summed E-state index contributed by atoms with van der Waals surface area (Å²) < 4.78 is 10.9. The fourth-order valence-corrected chi connectivity index (χ4v) is 4.78. The second kappa shape index (κ2) is 14.8. The molecule has 2 saturated heterocycles. The van der Waals surface area contributed by atoms with Gasteiger partial charge in [-0.25, -0.2) is 9.78 Å². The van der Waals surface area contributed by atoms with Gasteiger partial charge in [0, 0.05) is 45.1 Å². The minimum absolute atomic E-state index is 0.674. The molecule has 2 aliphatic heterocycles. The standard InChI is InChI=1S/C23H31N3O2.C6H8O7/c1-25-9-11-26(12-10-25)23-17-20(19-3-5-22(27-2)6-4-19)16-21(24-23)15-18-7-13-28-14-8-18;7-3(8)1-6(13,5(11)12)2-4(9)10/h3-6,16-18H,7-15H2,1-2H3;13H,1-2H2,(H,7,8)(H,9,10)(H,11,12). The third kappa shape index (κ3) is 9.69. The summed E-state index contributed by atoms with van der Waals surface area (Å²) in [4.78, 5) is 40.4. The molecule has 3 heterocycles. The van der Waals surface area contributed by atoms with Crippen molar-refractivity contribution in [3.63, 3.8) is 0 Å². The zero-order valence-electron chi connectivity index (χ0n) is 23.5. The number of carbonyl (C=O) groups is 3. The zero-order valence-corrected chi connectivity index (χ0v) is 23.5. The lowest BCUT2D eigenvalue weighted by molar-refractivity contribution is -0.170. The highest BCUT2D eigenvalue weighted by Crippen LogP contribution is 2.29. The number of benzene rings is 1. The minimum atomic E-state index is -2.74. The summed E-state index contributed by atoms with van der Waals surface area (Å²) >= 11 is 0. The molecule has 2 fully saturated rings. The van der Waals surface area contributed by atoms with Gasteiger partial charge in [0.25, 0.3) is 0 Å². The number of aliphatic carboxylic acids is 3. The Balaban J connectivity index is 0.000000302. The van der Waals surface area contributed by atoms with Gasteiger partial charge in [-0.1, -0.05) is 12.1 Å². The number of hydrogen-bond acceptors (Lipinski definition) is 9. The number of carboxylic acid groups (broad SMARTS) is 3. The van der Waals surface area contributed by atoms with Crippen LogP contribution < -0.4 is 9.64 Å². The number of anilines is 1. The SMILES string of the molecule is COc1ccc(-c2cc(CC3CCOCC3)nc(N3CCN(C)CC3)c2)cc1.O=C(O)CC(O)(CC(=O)O)C(=O)O. The van der Waals surface area contributed by atoms with E-state index in [-0.39, 0.29) is 0 Å². The largest absolute Gasteiger partial charge is 0.497 e. The van der Waals surface area contributed by atoms with Crippen LogP contribution in [0.15, 0.2) is 36.4 Å². The van der Waals surface area contributed by atoms with Gasteiger partial charge in [0.15, 0.2) is 5.60 Å². The van der Waals surface area contributed by atoms with Crippen LogP contribution in [0.25, 0.3) is 11.1 Å². The van der Waals surface area contributed by atoms with Gasteiger partial charge in [-0.15, -0.1) is 0 Å². The molecule has 4 rings (SSSR count). The Morgan fingerprint density at radius 3 is 2.05 bits per heavy atom. The zero-order chi connectivity index (χ0) is 30.0. The van der Waals surface area contributed by atoms with Crippen LogP contribution in [0, 0.1) is 5.92 Å². The molecule has 2 aliphatic rings. The number of likely N-dealkylation sites (N-methyl/N-ethyl adjacent to an activating group) is 1. The number of aromatic nitrogens is 1. The van der Waals surface area contributed by atoms with Crippen LogP contribution in [0.2, 0.25) is 0 Å². The number of rotatable bonds is 10. The van der Waals surface area contributed by atoms with E-state index in [1.165, 1.54) is 16.8 Å². The Labute approximate surface area is 239 Å². The third-order valence-electron chi connectivity index (χ3n) is 7.24. The number of ether oxygens (including phenoxy) is 2. The maximum atomic E-state index is 10.3.